The summed E-state index contributed by atoms with van der Waals surface area (Å²) in [6.07, 6.45) is -1.03. The molecule has 1 unspecified atom stereocenters. The minimum Gasteiger partial charge on any atom is -0.496 e. The molecule has 0 aliphatic rings. The number of halogens is 1. The molecule has 2 aromatic heterocycles. The molecule has 0 fully saturated rings. The Balaban J connectivity index is 2.40. The number of hydrogen-bond acceptors (Lipinski definition) is 9. The maximum absolute atomic E-state index is 14.5. The Labute approximate surface area is 252 Å². The molecular formula is C30H37FN4O7S. The Hall–Kier alpha value is -4.02. The number of thiophene rings is 1. The second-order valence-electron chi connectivity index (χ2n) is 10.9. The molecule has 1 N–H and O–H groups in total. The summed E-state index contributed by atoms with van der Waals surface area (Å²) < 4.78 is 33.3. The van der Waals surface area contributed by atoms with Crippen LogP contribution in [0.3, 0.4) is 0 Å². The monoisotopic (exact) mass is 616 g/mol. The third-order valence-corrected chi connectivity index (χ3v) is 8.16. The standard InChI is InChI=1S/C30H37FN4O7S/c1-9-41-27(37)24-18(5)23-25(36)35(30(6,7)28(38)33-16(2)3)29(39)34(26(23)43-24)14-22(42-15-17(4)13-32)20-12-19(31)10-11-21(20)40-8/h10-12,16-17,22H,9,14-15H2,1-8H3,(H,33,38)/t17?,22-/m0/s1. The Kier molecular flexibility index (Phi) is 10.5. The highest BCUT2D eigenvalue weighted by Crippen LogP contribution is 2.34. The third-order valence-electron chi connectivity index (χ3n) is 6.86. The number of amides is 1. The van der Waals surface area contributed by atoms with Crippen molar-refractivity contribution >= 4 is 33.4 Å². The third kappa shape index (κ3) is 6.81. The summed E-state index contributed by atoms with van der Waals surface area (Å²) in [6, 6.07) is 5.65. The van der Waals surface area contributed by atoms with Gasteiger partial charge in [-0.3, -0.25) is 14.2 Å². The summed E-state index contributed by atoms with van der Waals surface area (Å²) in [5.41, 5.74) is -2.67. The SMILES string of the molecule is CCOC(=O)c1sc2c(c1C)c(=O)n(C(C)(C)C(=O)NC(C)C)c(=O)n2C[C@H](OCC(C)C#N)c1cc(F)ccc1OC. The fraction of sp³-hybridized carbons (Fsp3) is 0.500. The van der Waals surface area contributed by atoms with E-state index in [2.05, 4.69) is 11.4 Å². The zero-order valence-corrected chi connectivity index (χ0v) is 26.4. The van der Waals surface area contributed by atoms with Gasteiger partial charge in [0.05, 0.1) is 44.2 Å². The number of nitrogens with zero attached hydrogens (tertiary/aromatic N) is 3. The molecule has 232 valence electrons. The lowest BCUT2D eigenvalue weighted by Gasteiger charge is -2.28. The number of rotatable bonds is 12. The van der Waals surface area contributed by atoms with Gasteiger partial charge < -0.3 is 19.5 Å². The number of carbonyl (C=O) groups excluding carboxylic acids is 2. The number of hydrogen-bond donors (Lipinski definition) is 1. The minimum atomic E-state index is -1.64. The molecule has 0 radical (unpaired) electrons. The van der Waals surface area contributed by atoms with Gasteiger partial charge >= 0.3 is 11.7 Å². The molecule has 0 aliphatic carbocycles. The molecule has 3 rings (SSSR count). The molecule has 0 bridgehead atoms. The van der Waals surface area contributed by atoms with Crippen LogP contribution in [0.2, 0.25) is 0 Å². The van der Waals surface area contributed by atoms with Crippen molar-refractivity contribution in [3.8, 4) is 11.8 Å². The van der Waals surface area contributed by atoms with Crippen molar-refractivity contribution in [2.75, 3.05) is 20.3 Å². The second-order valence-corrected chi connectivity index (χ2v) is 11.9. The van der Waals surface area contributed by atoms with Crippen LogP contribution in [0.4, 0.5) is 4.39 Å². The molecule has 2 atom stereocenters. The van der Waals surface area contributed by atoms with Gasteiger partial charge in [0.2, 0.25) is 5.91 Å². The van der Waals surface area contributed by atoms with Crippen molar-refractivity contribution in [1.29, 1.82) is 5.26 Å². The van der Waals surface area contributed by atoms with Crippen LogP contribution < -0.4 is 21.3 Å². The van der Waals surface area contributed by atoms with E-state index < -0.39 is 46.5 Å². The van der Waals surface area contributed by atoms with E-state index >= 15 is 0 Å². The van der Waals surface area contributed by atoms with Gasteiger partial charge in [0.1, 0.15) is 32.9 Å². The van der Waals surface area contributed by atoms with Crippen LogP contribution in [0, 0.1) is 30.0 Å². The molecule has 13 heteroatoms. The van der Waals surface area contributed by atoms with Crippen molar-refractivity contribution in [3.05, 3.63) is 60.9 Å². The van der Waals surface area contributed by atoms with Gasteiger partial charge in [-0.05, 0) is 72.2 Å². The number of nitriles is 1. The van der Waals surface area contributed by atoms with Crippen LogP contribution in [0.25, 0.3) is 10.2 Å². The van der Waals surface area contributed by atoms with E-state index in [1.165, 1.54) is 43.7 Å². The summed E-state index contributed by atoms with van der Waals surface area (Å²) in [5, 5.41) is 12.2. The van der Waals surface area contributed by atoms with E-state index in [9.17, 15) is 28.8 Å². The summed E-state index contributed by atoms with van der Waals surface area (Å²) in [4.78, 5) is 54.7. The average molecular weight is 617 g/mol. The molecule has 0 saturated carbocycles. The Bertz CT molecular complexity index is 1680. The van der Waals surface area contributed by atoms with Gasteiger partial charge in [-0.15, -0.1) is 11.3 Å². The van der Waals surface area contributed by atoms with E-state index in [4.69, 9.17) is 14.2 Å². The summed E-state index contributed by atoms with van der Waals surface area (Å²) >= 11 is 0.906. The lowest BCUT2D eigenvalue weighted by molar-refractivity contribution is -0.129. The predicted molar refractivity (Wildman–Crippen MR) is 160 cm³/mol. The highest BCUT2D eigenvalue weighted by Gasteiger charge is 2.36. The zero-order valence-electron chi connectivity index (χ0n) is 25.6. The van der Waals surface area contributed by atoms with Crippen LogP contribution >= 0.6 is 11.3 Å². The highest BCUT2D eigenvalue weighted by atomic mass is 32.1. The first-order valence-electron chi connectivity index (χ1n) is 13.8. The fourth-order valence-electron chi connectivity index (χ4n) is 4.59. The highest BCUT2D eigenvalue weighted by molar-refractivity contribution is 7.20. The lowest BCUT2D eigenvalue weighted by Crippen LogP contribution is -2.56. The topological polar surface area (TPSA) is 142 Å². The first-order chi connectivity index (χ1) is 20.2. The fourth-order valence-corrected chi connectivity index (χ4v) is 5.79. The van der Waals surface area contributed by atoms with Crippen molar-refractivity contribution in [2.45, 2.75) is 72.7 Å². The van der Waals surface area contributed by atoms with Gasteiger partial charge in [0, 0.05) is 11.6 Å². The Morgan fingerprint density at radius 2 is 1.88 bits per heavy atom. The largest absolute Gasteiger partial charge is 0.496 e. The molecule has 1 amide bonds. The molecular weight excluding hydrogens is 579 g/mol. The molecule has 3 aromatic rings. The molecule has 2 heterocycles. The van der Waals surface area contributed by atoms with E-state index in [1.54, 1.807) is 34.6 Å². The van der Waals surface area contributed by atoms with Crippen LogP contribution in [-0.2, 0) is 26.4 Å². The van der Waals surface area contributed by atoms with Crippen LogP contribution in [0.15, 0.2) is 27.8 Å². The van der Waals surface area contributed by atoms with E-state index in [0.29, 0.717) is 5.56 Å². The van der Waals surface area contributed by atoms with Crippen molar-refractivity contribution in [1.82, 2.24) is 14.5 Å². The van der Waals surface area contributed by atoms with Crippen molar-refractivity contribution < 1.29 is 28.2 Å². The van der Waals surface area contributed by atoms with Crippen molar-refractivity contribution in [3.63, 3.8) is 0 Å². The van der Waals surface area contributed by atoms with Crippen LogP contribution in [-0.4, -0.2) is 47.4 Å². The second kappa shape index (κ2) is 13.5. The van der Waals surface area contributed by atoms with Gasteiger partial charge in [-0.2, -0.15) is 5.26 Å². The number of aryl methyl sites for hydroxylation is 1. The molecule has 0 spiro atoms. The normalized spacial score (nSPS) is 13.0. The number of aromatic nitrogens is 2. The number of carbonyl (C=O) groups is 2. The number of methoxy groups -OCH3 is 1. The molecule has 43 heavy (non-hydrogen) atoms. The summed E-state index contributed by atoms with van der Waals surface area (Å²) in [5.74, 6) is -2.06. The van der Waals surface area contributed by atoms with E-state index in [0.717, 1.165) is 15.9 Å². The summed E-state index contributed by atoms with van der Waals surface area (Å²) in [7, 11) is 1.40. The average Bonchev–Trinajstić information content (AvgIpc) is 3.29. The maximum Gasteiger partial charge on any atom is 0.348 e. The van der Waals surface area contributed by atoms with Gasteiger partial charge in [0.15, 0.2) is 0 Å². The Morgan fingerprint density at radius 3 is 2.47 bits per heavy atom. The number of nitrogens with one attached hydrogen (secondary N) is 1. The maximum atomic E-state index is 14.5. The van der Waals surface area contributed by atoms with Crippen LogP contribution in [0.5, 0.6) is 5.75 Å². The van der Waals surface area contributed by atoms with Gasteiger partial charge in [-0.1, -0.05) is 0 Å². The number of esters is 1. The quantitative estimate of drug-likeness (QED) is 0.301. The summed E-state index contributed by atoms with van der Waals surface area (Å²) in [6.45, 7) is 11.1. The Morgan fingerprint density at radius 1 is 1.21 bits per heavy atom. The van der Waals surface area contributed by atoms with Gasteiger partial charge in [-0.25, -0.2) is 18.5 Å². The zero-order chi connectivity index (χ0) is 32.2. The lowest BCUT2D eigenvalue weighted by atomic mass is 10.0. The first-order valence-corrected chi connectivity index (χ1v) is 14.6. The minimum absolute atomic E-state index is 0.0573. The molecule has 11 nitrogen and oxygen atoms in total. The van der Waals surface area contributed by atoms with Gasteiger partial charge in [0.25, 0.3) is 5.56 Å². The number of ether oxygens (including phenoxy) is 3. The van der Waals surface area contributed by atoms with Crippen molar-refractivity contribution in [2.24, 2.45) is 5.92 Å². The predicted octanol–water partition coefficient (Wildman–Crippen LogP) is 4.03. The van der Waals surface area contributed by atoms with E-state index in [-0.39, 0.29) is 52.2 Å². The first kappa shape index (κ1) is 33.5. The smallest absolute Gasteiger partial charge is 0.348 e. The number of benzene rings is 1. The number of fused-ring (bicyclic) bond motifs is 1. The molecule has 1 aromatic carbocycles. The molecule has 0 aliphatic heterocycles. The van der Waals surface area contributed by atoms with Crippen LogP contribution in [0.1, 0.15) is 68.4 Å². The van der Waals surface area contributed by atoms with E-state index in [1.807, 2.05) is 0 Å². The molecule has 0 saturated heterocycles.